The van der Waals surface area contributed by atoms with Crippen molar-refractivity contribution in [2.45, 2.75) is 57.9 Å². The predicted molar refractivity (Wildman–Crippen MR) is 121 cm³/mol. The molecule has 0 unspecified atom stereocenters. The van der Waals surface area contributed by atoms with Crippen LogP contribution in [0.25, 0.3) is 11.2 Å². The maximum Gasteiger partial charge on any atom is 0.413 e. The van der Waals surface area contributed by atoms with E-state index in [2.05, 4.69) is 26.2 Å². The Balaban J connectivity index is 2.08. The average molecular weight is 559 g/mol. The number of aromatic nitrogens is 4. The van der Waals surface area contributed by atoms with Gasteiger partial charge in [-0.1, -0.05) is 35.4 Å². The molecule has 32 heavy (non-hydrogen) atoms. The van der Waals surface area contributed by atoms with Crippen molar-refractivity contribution in [3.8, 4) is 12.3 Å². The Bertz CT molecular complexity index is 1100. The summed E-state index contributed by atoms with van der Waals surface area (Å²) in [6.45, 7) is 7.87. The van der Waals surface area contributed by atoms with Gasteiger partial charge in [-0.05, 0) is 20.8 Å². The number of carbonyl (C=O) groups excluding carboxylic acids is 2. The summed E-state index contributed by atoms with van der Waals surface area (Å²) in [6, 6.07) is 0. The van der Waals surface area contributed by atoms with E-state index in [0.717, 1.165) is 0 Å². The first kappa shape index (κ1) is 24.1. The topological polar surface area (TPSA) is 117 Å². The van der Waals surface area contributed by atoms with E-state index in [1.807, 2.05) is 22.6 Å². The minimum atomic E-state index is -2.17. The quantitative estimate of drug-likeness (QED) is 0.262. The number of alkyl halides is 2. The third kappa shape index (κ3) is 4.23. The van der Waals surface area contributed by atoms with Crippen LogP contribution in [0.2, 0.25) is 0 Å². The molecule has 4 atom stereocenters. The number of nitrogens with zero attached hydrogens (tertiary/aromatic N) is 4. The van der Waals surface area contributed by atoms with Crippen molar-refractivity contribution in [2.24, 2.45) is 5.92 Å². The summed E-state index contributed by atoms with van der Waals surface area (Å²) in [4.78, 5) is 36.5. The van der Waals surface area contributed by atoms with Crippen LogP contribution in [0.3, 0.4) is 0 Å². The second-order valence-electron chi connectivity index (χ2n) is 8.32. The van der Waals surface area contributed by atoms with E-state index in [1.54, 1.807) is 20.8 Å². The average Bonchev–Trinajstić information content (AvgIpc) is 3.20. The van der Waals surface area contributed by atoms with Crippen molar-refractivity contribution < 1.29 is 28.2 Å². The zero-order valence-corrected chi connectivity index (χ0v) is 20.3. The van der Waals surface area contributed by atoms with Gasteiger partial charge in [0.05, 0.1) is 16.7 Å². The molecule has 1 aliphatic heterocycles. The first-order valence-electron chi connectivity index (χ1n) is 9.64. The molecular formula is C20H23FIN5O5. The molecule has 10 nitrogen and oxygen atoms in total. The molecule has 0 spiro atoms. The summed E-state index contributed by atoms with van der Waals surface area (Å²) in [7, 11) is 0. The molecule has 0 aromatic carbocycles. The number of nitrogens with one attached hydrogen (secondary N) is 1. The fraction of sp³-hybridized carbons (Fsp3) is 0.550. The maximum atomic E-state index is 15.6. The molecule has 2 aromatic heterocycles. The van der Waals surface area contributed by atoms with E-state index >= 15 is 4.39 Å². The van der Waals surface area contributed by atoms with Crippen molar-refractivity contribution >= 4 is 51.6 Å². The number of hydrogen-bond acceptors (Lipinski definition) is 8. The molecule has 0 radical (unpaired) electrons. The Hall–Kier alpha value is -2.53. The van der Waals surface area contributed by atoms with Crippen LogP contribution in [-0.2, 0) is 19.0 Å². The summed E-state index contributed by atoms with van der Waals surface area (Å²) in [5, 5.41) is 2.52. The highest BCUT2D eigenvalue weighted by Gasteiger charge is 2.65. The van der Waals surface area contributed by atoms with E-state index in [1.165, 1.54) is 31.1 Å². The third-order valence-corrected chi connectivity index (χ3v) is 5.96. The lowest BCUT2D eigenvalue weighted by Crippen LogP contribution is -2.46. The van der Waals surface area contributed by atoms with E-state index in [-0.39, 0.29) is 21.4 Å². The highest BCUT2D eigenvalue weighted by molar-refractivity contribution is 14.1. The van der Waals surface area contributed by atoms with Crippen molar-refractivity contribution in [3.05, 3.63) is 12.7 Å². The molecule has 2 aromatic rings. The van der Waals surface area contributed by atoms with Crippen molar-refractivity contribution in [2.75, 3.05) is 9.74 Å². The Morgan fingerprint density at radius 3 is 2.66 bits per heavy atom. The van der Waals surface area contributed by atoms with Gasteiger partial charge in [0.25, 0.3) is 0 Å². The number of rotatable bonds is 4. The zero-order valence-electron chi connectivity index (χ0n) is 18.2. The van der Waals surface area contributed by atoms with Crippen molar-refractivity contribution in [3.63, 3.8) is 0 Å². The fourth-order valence-corrected chi connectivity index (χ4v) is 4.28. The van der Waals surface area contributed by atoms with Gasteiger partial charge < -0.3 is 14.2 Å². The van der Waals surface area contributed by atoms with Gasteiger partial charge in [-0.2, -0.15) is 0 Å². The van der Waals surface area contributed by atoms with Gasteiger partial charge in [0, 0.05) is 6.92 Å². The Kier molecular flexibility index (Phi) is 6.36. The van der Waals surface area contributed by atoms with E-state index in [9.17, 15) is 9.59 Å². The number of terminal acetylenes is 1. The van der Waals surface area contributed by atoms with Gasteiger partial charge in [-0.3, -0.25) is 14.7 Å². The molecule has 12 heteroatoms. The van der Waals surface area contributed by atoms with Gasteiger partial charge in [0.2, 0.25) is 11.5 Å². The Morgan fingerprint density at radius 2 is 2.09 bits per heavy atom. The second kappa shape index (κ2) is 8.43. The van der Waals surface area contributed by atoms with Crippen molar-refractivity contribution in [1.29, 1.82) is 0 Å². The Morgan fingerprint density at radius 1 is 1.41 bits per heavy atom. The molecule has 0 saturated carbocycles. The minimum Gasteiger partial charge on any atom is -0.444 e. The van der Waals surface area contributed by atoms with Gasteiger partial charge >= 0.3 is 12.1 Å². The van der Waals surface area contributed by atoms with Crippen LogP contribution in [0.1, 0.15) is 40.8 Å². The molecule has 1 aliphatic rings. The molecule has 172 valence electrons. The normalized spacial score (nSPS) is 27.7. The smallest absolute Gasteiger partial charge is 0.413 e. The number of esters is 1. The van der Waals surface area contributed by atoms with Crippen LogP contribution in [0, 0.1) is 18.3 Å². The highest BCUT2D eigenvalue weighted by atomic mass is 127. The number of hydrogen-bond donors (Lipinski definition) is 1. The number of imidazole rings is 1. The first-order valence-corrected chi connectivity index (χ1v) is 11.2. The molecule has 0 bridgehead atoms. The Labute approximate surface area is 197 Å². The number of anilines is 1. The van der Waals surface area contributed by atoms with E-state index in [4.69, 9.17) is 20.6 Å². The lowest BCUT2D eigenvalue weighted by Gasteiger charge is -2.32. The number of halogens is 2. The van der Waals surface area contributed by atoms with Gasteiger partial charge in [-0.25, -0.2) is 24.1 Å². The second-order valence-corrected chi connectivity index (χ2v) is 9.08. The summed E-state index contributed by atoms with van der Waals surface area (Å²) < 4.78 is 33.3. The van der Waals surface area contributed by atoms with Crippen LogP contribution in [0.4, 0.5) is 15.0 Å². The van der Waals surface area contributed by atoms with Crippen LogP contribution in [0.15, 0.2) is 12.7 Å². The molecule has 1 saturated heterocycles. The lowest BCUT2D eigenvalue weighted by molar-refractivity contribution is -0.169. The summed E-state index contributed by atoms with van der Waals surface area (Å²) >= 11 is 1.84. The SMILES string of the molecule is C#C[C@]1(OC(C)=O)[C@H](n2cnc3c(NC(=O)OC(C)(C)C)ncnc32)O[C@](F)(CI)[C@H]1C. The van der Waals surface area contributed by atoms with Gasteiger partial charge in [0.1, 0.15) is 11.9 Å². The molecular weight excluding hydrogens is 536 g/mol. The van der Waals surface area contributed by atoms with Gasteiger partial charge in [0.15, 0.2) is 23.2 Å². The number of fused-ring (bicyclic) bond motifs is 1. The zero-order chi connectivity index (χ0) is 23.9. The third-order valence-electron chi connectivity index (χ3n) is 4.92. The molecule has 0 aliphatic carbocycles. The maximum absolute atomic E-state index is 15.6. The highest BCUT2D eigenvalue weighted by Crippen LogP contribution is 2.52. The minimum absolute atomic E-state index is 0.0554. The molecule has 3 heterocycles. The predicted octanol–water partition coefficient (Wildman–Crippen LogP) is 3.37. The lowest BCUT2D eigenvalue weighted by atomic mass is 9.85. The number of ether oxygens (including phenoxy) is 3. The monoisotopic (exact) mass is 559 g/mol. The number of amides is 1. The largest absolute Gasteiger partial charge is 0.444 e. The molecule has 1 fully saturated rings. The van der Waals surface area contributed by atoms with E-state index < -0.39 is 41.3 Å². The summed E-state index contributed by atoms with van der Waals surface area (Å²) in [5.74, 6) is -1.35. The molecule has 1 N–H and O–H groups in total. The summed E-state index contributed by atoms with van der Waals surface area (Å²) in [6.07, 6.45) is 6.27. The van der Waals surface area contributed by atoms with Crippen LogP contribution >= 0.6 is 22.6 Å². The van der Waals surface area contributed by atoms with E-state index in [0.29, 0.717) is 0 Å². The van der Waals surface area contributed by atoms with Crippen LogP contribution < -0.4 is 5.32 Å². The molecule has 3 rings (SSSR count). The first-order chi connectivity index (χ1) is 14.9. The fourth-order valence-electron chi connectivity index (χ4n) is 3.44. The van der Waals surface area contributed by atoms with Crippen LogP contribution in [-0.4, -0.2) is 53.1 Å². The summed E-state index contributed by atoms with van der Waals surface area (Å²) in [5.41, 5.74) is -2.10. The standard InChI is InChI=1S/C20H23FIN5O5/c1-7-19(30-12(3)28)11(2)20(21,8-22)31-16(19)27-10-25-13-14(23-9-24-15(13)27)26-17(29)32-18(4,5)6/h1,9-11,16H,8H2,2-6H3,(H,23,24,26,29)/t11-,16+,19+,20+/m0/s1. The molecule has 1 amide bonds. The number of carbonyl (C=O) groups is 2. The van der Waals surface area contributed by atoms with Gasteiger partial charge in [-0.15, -0.1) is 6.42 Å². The van der Waals surface area contributed by atoms with Crippen molar-refractivity contribution in [1.82, 2.24) is 19.5 Å². The van der Waals surface area contributed by atoms with Crippen LogP contribution in [0.5, 0.6) is 0 Å².